The summed E-state index contributed by atoms with van der Waals surface area (Å²) in [5.41, 5.74) is 4.10. The Kier molecular flexibility index (Phi) is 13.2. The Balaban J connectivity index is 1.29. The van der Waals surface area contributed by atoms with Gasteiger partial charge in [0.1, 0.15) is 16.7 Å². The summed E-state index contributed by atoms with van der Waals surface area (Å²) in [6, 6.07) is 12.1. The molecule has 2 aromatic rings. The summed E-state index contributed by atoms with van der Waals surface area (Å²) in [6.45, 7) is 16.2. The van der Waals surface area contributed by atoms with Gasteiger partial charge in [-0.2, -0.15) is 0 Å². The van der Waals surface area contributed by atoms with Crippen LogP contribution < -0.4 is 14.4 Å². The molecule has 7 atom stereocenters. The Hall–Kier alpha value is -2.17. The Morgan fingerprint density at radius 3 is 2.54 bits per heavy atom. The van der Waals surface area contributed by atoms with Crippen molar-refractivity contribution in [3.63, 3.8) is 0 Å². The van der Waals surface area contributed by atoms with Crippen molar-refractivity contribution in [3.05, 3.63) is 58.1 Å². The van der Waals surface area contributed by atoms with Crippen molar-refractivity contribution in [2.45, 2.75) is 76.9 Å². The second-order valence-corrected chi connectivity index (χ2v) is 17.4. The quantitative estimate of drug-likeness (QED) is 0.322. The minimum Gasteiger partial charge on any atom is -0.491 e. The lowest BCUT2D eigenvalue weighted by molar-refractivity contribution is 0.0445. The van der Waals surface area contributed by atoms with Gasteiger partial charge in [0, 0.05) is 76.0 Å². The fraction of sp³-hybridized carbons (Fsp3) is 0.675. The first-order valence-corrected chi connectivity index (χ1v) is 20.8. The fourth-order valence-electron chi connectivity index (χ4n) is 8.76. The second-order valence-electron chi connectivity index (χ2n) is 15.4. The number of ether oxygens (including phenoxy) is 2. The number of nitrogens with zero attached hydrogens (tertiary/aromatic N) is 3. The third kappa shape index (κ3) is 9.06. The molecule has 1 aliphatic carbocycles. The van der Waals surface area contributed by atoms with Crippen molar-refractivity contribution < 1.29 is 18.5 Å². The summed E-state index contributed by atoms with van der Waals surface area (Å²) in [7, 11) is 0.318. The number of rotatable bonds is 8. The predicted octanol–water partition coefficient (Wildman–Crippen LogP) is 6.78. The molecule has 3 heterocycles. The zero-order valence-electron chi connectivity index (χ0n) is 30.7. The zero-order valence-corrected chi connectivity index (χ0v) is 32.3. The Morgan fingerprint density at radius 2 is 1.80 bits per heavy atom. The highest BCUT2D eigenvalue weighted by Crippen LogP contribution is 2.45. The lowest BCUT2D eigenvalue weighted by Gasteiger charge is -2.47. The highest BCUT2D eigenvalue weighted by molar-refractivity contribution is 7.84. The van der Waals surface area contributed by atoms with Gasteiger partial charge in [-0.1, -0.05) is 44.4 Å². The van der Waals surface area contributed by atoms with Crippen molar-refractivity contribution >= 4 is 34.2 Å². The largest absolute Gasteiger partial charge is 0.491 e. The average Bonchev–Trinajstić information content (AvgIpc) is 3.28. The van der Waals surface area contributed by atoms with Gasteiger partial charge in [-0.15, -0.1) is 0 Å². The molecule has 50 heavy (non-hydrogen) atoms. The van der Waals surface area contributed by atoms with Crippen molar-refractivity contribution in [1.82, 2.24) is 14.5 Å². The molecule has 0 radical (unpaired) electrons. The zero-order chi connectivity index (χ0) is 35.2. The van der Waals surface area contributed by atoms with Crippen LogP contribution in [0.25, 0.3) is 0 Å². The van der Waals surface area contributed by atoms with E-state index in [1.807, 2.05) is 31.2 Å². The maximum Gasteiger partial charge on any atom is 0.263 e. The molecule has 6 rings (SSSR count). The average molecular weight is 727 g/mol. The normalized spacial score (nSPS) is 30.1. The summed E-state index contributed by atoms with van der Waals surface area (Å²) in [6.07, 6.45) is 7.88. The van der Waals surface area contributed by atoms with Gasteiger partial charge in [-0.3, -0.25) is 14.4 Å². The first-order valence-electron chi connectivity index (χ1n) is 19.2. The lowest BCUT2D eigenvalue weighted by Crippen LogP contribution is -2.51. The molecule has 1 N–H and O–H groups in total. The van der Waals surface area contributed by atoms with Crippen LogP contribution >= 0.6 is 11.6 Å². The van der Waals surface area contributed by atoms with Crippen LogP contribution in [0.3, 0.4) is 0 Å². The molecular weight excluding hydrogens is 668 g/mol. The first-order chi connectivity index (χ1) is 24.2. The molecule has 1 amide bonds. The number of methoxy groups -OCH3 is 1. The molecular formula is C40H59ClN4O4S. The van der Waals surface area contributed by atoms with Crippen molar-refractivity contribution in [2.24, 2.45) is 23.7 Å². The molecule has 1 saturated heterocycles. The molecule has 1 saturated carbocycles. The molecule has 2 bridgehead atoms. The SMILES string of the molecule is CCCc1cc(Cl)ccc1C1COc2ccc3cc2N(C1)CC1CCC1C(CN1CCN(CCOC)CC1)CCCC(C)C(C)S(=O)NC3=O. The van der Waals surface area contributed by atoms with Crippen molar-refractivity contribution in [1.29, 1.82) is 0 Å². The van der Waals surface area contributed by atoms with Crippen LogP contribution in [0.2, 0.25) is 5.02 Å². The van der Waals surface area contributed by atoms with Gasteiger partial charge in [0.15, 0.2) is 0 Å². The highest BCUT2D eigenvalue weighted by Gasteiger charge is 2.40. The monoisotopic (exact) mass is 726 g/mol. The fourth-order valence-corrected chi connectivity index (χ4v) is 10.00. The summed E-state index contributed by atoms with van der Waals surface area (Å²) < 4.78 is 28.2. The minimum atomic E-state index is -1.47. The van der Waals surface area contributed by atoms with Gasteiger partial charge in [0.25, 0.3) is 5.91 Å². The molecule has 0 aromatic heterocycles. The van der Waals surface area contributed by atoms with Crippen LogP contribution in [0.5, 0.6) is 5.75 Å². The van der Waals surface area contributed by atoms with Gasteiger partial charge in [-0.05, 0) is 104 Å². The van der Waals surface area contributed by atoms with E-state index in [9.17, 15) is 9.00 Å². The maximum atomic E-state index is 13.5. The third-order valence-corrected chi connectivity index (χ3v) is 13.9. The molecule has 7 unspecified atom stereocenters. The number of anilines is 1. The van der Waals surface area contributed by atoms with E-state index in [-0.39, 0.29) is 23.0 Å². The van der Waals surface area contributed by atoms with Crippen LogP contribution in [0, 0.1) is 23.7 Å². The number of nitrogens with one attached hydrogen (secondary N) is 1. The number of halogens is 1. The van der Waals surface area contributed by atoms with E-state index < -0.39 is 11.0 Å². The number of amides is 1. The molecule has 2 fully saturated rings. The molecule has 0 spiro atoms. The molecule has 3 aliphatic heterocycles. The molecule has 276 valence electrons. The van der Waals surface area contributed by atoms with E-state index in [0.29, 0.717) is 29.9 Å². The van der Waals surface area contributed by atoms with Crippen LogP contribution in [-0.2, 0) is 22.1 Å². The molecule has 8 nitrogen and oxygen atoms in total. The van der Waals surface area contributed by atoms with Gasteiger partial charge in [0.05, 0.1) is 24.2 Å². The summed E-state index contributed by atoms with van der Waals surface area (Å²) >= 11 is 6.49. The lowest BCUT2D eigenvalue weighted by atomic mass is 9.65. The van der Waals surface area contributed by atoms with E-state index in [1.54, 1.807) is 7.11 Å². The standard InChI is InChI=1S/C40H59ClN4O4S/c1-5-7-30-22-35(41)12-14-36(30)34-26-45-25-33-10-13-37(33)32(24-44-18-16-43(17-19-44)20-21-48-4)9-6-8-28(2)29(3)50(47)42-40(46)31-11-15-39(49-27-34)38(45)23-31/h11-12,14-15,22-23,28-29,32-34,37H,5-10,13,16-21,24-27H2,1-4H3,(H,42,46). The Bertz CT molecular complexity index is 1470. The minimum absolute atomic E-state index is 0.125. The Labute approximate surface area is 308 Å². The maximum absolute atomic E-state index is 13.5. The summed E-state index contributed by atoms with van der Waals surface area (Å²) in [5.74, 6) is 2.84. The van der Waals surface area contributed by atoms with Crippen molar-refractivity contribution in [3.8, 4) is 5.75 Å². The molecule has 10 heteroatoms. The number of hydrogen-bond acceptors (Lipinski definition) is 7. The number of benzene rings is 2. The topological polar surface area (TPSA) is 74.3 Å². The number of fused-ring (bicyclic) bond motifs is 2. The summed E-state index contributed by atoms with van der Waals surface area (Å²) in [4.78, 5) is 21.3. The van der Waals surface area contributed by atoms with Gasteiger partial charge in [-0.25, -0.2) is 4.21 Å². The predicted molar refractivity (Wildman–Crippen MR) is 205 cm³/mol. The number of carbonyl (C=O) groups excluding carboxylic acids is 1. The van der Waals surface area contributed by atoms with E-state index >= 15 is 0 Å². The second kappa shape index (κ2) is 17.6. The number of hydrogen-bond donors (Lipinski definition) is 1. The number of carbonyl (C=O) groups is 1. The molecule has 4 aliphatic rings. The van der Waals surface area contributed by atoms with Crippen LogP contribution in [0.15, 0.2) is 36.4 Å². The smallest absolute Gasteiger partial charge is 0.263 e. The Morgan fingerprint density at radius 1 is 1.00 bits per heavy atom. The first kappa shape index (κ1) is 37.6. The van der Waals surface area contributed by atoms with E-state index in [1.165, 1.54) is 30.4 Å². The van der Waals surface area contributed by atoms with Gasteiger partial charge >= 0.3 is 0 Å². The summed E-state index contributed by atoms with van der Waals surface area (Å²) in [5, 5.41) is 0.650. The van der Waals surface area contributed by atoms with Crippen LogP contribution in [-0.4, -0.2) is 97.8 Å². The van der Waals surface area contributed by atoms with Crippen molar-refractivity contribution in [2.75, 3.05) is 77.6 Å². The van der Waals surface area contributed by atoms with E-state index in [2.05, 4.69) is 45.4 Å². The van der Waals surface area contributed by atoms with Crippen LogP contribution in [0.4, 0.5) is 5.69 Å². The van der Waals surface area contributed by atoms with E-state index in [4.69, 9.17) is 21.1 Å². The van der Waals surface area contributed by atoms with Crippen LogP contribution in [0.1, 0.15) is 86.7 Å². The number of piperazine rings is 1. The highest BCUT2D eigenvalue weighted by atomic mass is 35.5. The number of aryl methyl sites for hydroxylation is 1. The van der Waals surface area contributed by atoms with Gasteiger partial charge < -0.3 is 19.3 Å². The molecule has 2 aromatic carbocycles. The third-order valence-electron chi connectivity index (χ3n) is 12.2. The van der Waals surface area contributed by atoms with Gasteiger partial charge in [0.2, 0.25) is 0 Å². The van der Waals surface area contributed by atoms with E-state index in [0.717, 1.165) is 101 Å².